The van der Waals surface area contributed by atoms with Gasteiger partial charge < -0.3 is 15.4 Å². The fourth-order valence-corrected chi connectivity index (χ4v) is 4.43. The second-order valence-electron chi connectivity index (χ2n) is 7.24. The average molecular weight is 353 g/mol. The maximum absolute atomic E-state index is 12.8. The molecule has 2 fully saturated rings. The van der Waals surface area contributed by atoms with Crippen molar-refractivity contribution in [2.24, 2.45) is 23.5 Å². The van der Waals surface area contributed by atoms with E-state index in [1.165, 1.54) is 19.3 Å². The van der Waals surface area contributed by atoms with Crippen LogP contribution in [0.3, 0.4) is 0 Å². The van der Waals surface area contributed by atoms with Gasteiger partial charge in [-0.15, -0.1) is 12.4 Å². The standard InChI is InChI=1S/C19H28N2O2.ClH/c1-21(12-13-5-3-8-17(9-13)23-2)19(22)16-10-14-6-4-7-15(11-16)18(14)20;/h3,5,8-9,14-16,18H,4,6-7,10-12,20H2,1-2H3;1H. The van der Waals surface area contributed by atoms with Crippen molar-refractivity contribution in [2.75, 3.05) is 14.2 Å². The second kappa shape index (κ2) is 8.21. The van der Waals surface area contributed by atoms with E-state index >= 15 is 0 Å². The fourth-order valence-electron chi connectivity index (χ4n) is 4.43. The lowest BCUT2D eigenvalue weighted by Crippen LogP contribution is -2.49. The summed E-state index contributed by atoms with van der Waals surface area (Å²) < 4.78 is 5.26. The molecule has 0 saturated heterocycles. The quantitative estimate of drug-likeness (QED) is 0.905. The maximum atomic E-state index is 12.8. The van der Waals surface area contributed by atoms with Crippen molar-refractivity contribution in [2.45, 2.75) is 44.7 Å². The van der Waals surface area contributed by atoms with Gasteiger partial charge in [-0.1, -0.05) is 18.6 Å². The highest BCUT2D eigenvalue weighted by atomic mass is 35.5. The first kappa shape index (κ1) is 19.1. The van der Waals surface area contributed by atoms with Gasteiger partial charge in [0.05, 0.1) is 7.11 Å². The number of halogens is 1. The summed E-state index contributed by atoms with van der Waals surface area (Å²) in [6, 6.07) is 8.25. The summed E-state index contributed by atoms with van der Waals surface area (Å²) in [5.41, 5.74) is 7.44. The topological polar surface area (TPSA) is 55.6 Å². The molecule has 2 atom stereocenters. The summed E-state index contributed by atoms with van der Waals surface area (Å²) in [6.45, 7) is 0.633. The van der Waals surface area contributed by atoms with Crippen LogP contribution in [0.15, 0.2) is 24.3 Å². The van der Waals surface area contributed by atoms with Crippen molar-refractivity contribution >= 4 is 18.3 Å². The highest BCUT2D eigenvalue weighted by Gasteiger charge is 2.41. The first-order valence-electron chi connectivity index (χ1n) is 8.72. The van der Waals surface area contributed by atoms with E-state index in [-0.39, 0.29) is 24.2 Å². The Labute approximate surface area is 151 Å². The van der Waals surface area contributed by atoms with Crippen molar-refractivity contribution in [1.82, 2.24) is 4.90 Å². The summed E-state index contributed by atoms with van der Waals surface area (Å²) in [6.07, 6.45) is 5.61. The van der Waals surface area contributed by atoms with Gasteiger partial charge in [0.15, 0.2) is 0 Å². The van der Waals surface area contributed by atoms with Crippen LogP contribution >= 0.6 is 12.4 Å². The molecular formula is C19H29ClN2O2. The van der Waals surface area contributed by atoms with Gasteiger partial charge in [-0.05, 0) is 55.2 Å². The number of benzene rings is 1. The van der Waals surface area contributed by atoms with Crippen LogP contribution in [0.25, 0.3) is 0 Å². The Bertz CT molecular complexity index is 552. The number of carbonyl (C=O) groups is 1. The van der Waals surface area contributed by atoms with Crippen LogP contribution in [-0.2, 0) is 11.3 Å². The van der Waals surface area contributed by atoms with Crippen LogP contribution in [0.5, 0.6) is 5.75 Å². The lowest BCUT2D eigenvalue weighted by molar-refractivity contribution is -0.137. The summed E-state index contributed by atoms with van der Waals surface area (Å²) in [7, 11) is 3.57. The molecule has 1 amide bonds. The molecule has 2 unspecified atom stereocenters. The SMILES string of the molecule is COc1cccc(CN(C)C(=O)C2CC3CCCC(C2)C3N)c1.Cl. The van der Waals surface area contributed by atoms with Crippen molar-refractivity contribution in [3.05, 3.63) is 29.8 Å². The third kappa shape index (κ3) is 4.04. The number of hydrogen-bond donors (Lipinski definition) is 1. The van der Waals surface area contributed by atoms with Crippen molar-refractivity contribution < 1.29 is 9.53 Å². The van der Waals surface area contributed by atoms with Gasteiger partial charge in [-0.25, -0.2) is 0 Å². The Morgan fingerprint density at radius 3 is 2.58 bits per heavy atom. The van der Waals surface area contributed by atoms with E-state index < -0.39 is 0 Å². The molecule has 1 aromatic rings. The summed E-state index contributed by atoms with van der Waals surface area (Å²) in [4.78, 5) is 14.7. The third-order valence-corrected chi connectivity index (χ3v) is 5.69. The van der Waals surface area contributed by atoms with Crippen LogP contribution in [0, 0.1) is 17.8 Å². The van der Waals surface area contributed by atoms with Crippen LogP contribution in [-0.4, -0.2) is 31.0 Å². The zero-order chi connectivity index (χ0) is 16.4. The van der Waals surface area contributed by atoms with Gasteiger partial charge in [-0.3, -0.25) is 4.79 Å². The average Bonchev–Trinajstić information content (AvgIpc) is 2.54. The van der Waals surface area contributed by atoms with E-state index in [2.05, 4.69) is 0 Å². The predicted molar refractivity (Wildman–Crippen MR) is 98.2 cm³/mol. The molecule has 2 N–H and O–H groups in total. The van der Waals surface area contributed by atoms with E-state index in [0.29, 0.717) is 24.4 Å². The molecule has 2 saturated carbocycles. The summed E-state index contributed by atoms with van der Waals surface area (Å²) in [5, 5.41) is 0. The van der Waals surface area contributed by atoms with Gasteiger partial charge >= 0.3 is 0 Å². The lowest BCUT2D eigenvalue weighted by Gasteiger charge is -2.44. The minimum Gasteiger partial charge on any atom is -0.497 e. The number of nitrogens with two attached hydrogens (primary N) is 1. The Morgan fingerprint density at radius 2 is 1.96 bits per heavy atom. The van der Waals surface area contributed by atoms with E-state index in [9.17, 15) is 4.79 Å². The third-order valence-electron chi connectivity index (χ3n) is 5.69. The molecular weight excluding hydrogens is 324 g/mol. The molecule has 3 rings (SSSR count). The molecule has 2 bridgehead atoms. The number of methoxy groups -OCH3 is 1. The molecule has 2 aliphatic carbocycles. The first-order valence-corrected chi connectivity index (χ1v) is 8.72. The molecule has 0 heterocycles. The number of nitrogens with zero attached hydrogens (tertiary/aromatic N) is 1. The zero-order valence-electron chi connectivity index (χ0n) is 14.6. The van der Waals surface area contributed by atoms with Gasteiger partial charge in [0.1, 0.15) is 5.75 Å². The van der Waals surface area contributed by atoms with E-state index in [0.717, 1.165) is 24.2 Å². The molecule has 1 aromatic carbocycles. The number of hydrogen-bond acceptors (Lipinski definition) is 3. The first-order chi connectivity index (χ1) is 11.1. The molecule has 0 radical (unpaired) electrons. The maximum Gasteiger partial charge on any atom is 0.225 e. The summed E-state index contributed by atoms with van der Waals surface area (Å²) in [5.74, 6) is 2.35. The number of rotatable bonds is 4. The highest BCUT2D eigenvalue weighted by molar-refractivity contribution is 5.85. The number of ether oxygens (including phenoxy) is 1. The van der Waals surface area contributed by atoms with Gasteiger partial charge in [0.25, 0.3) is 0 Å². The van der Waals surface area contributed by atoms with Crippen molar-refractivity contribution in [1.29, 1.82) is 0 Å². The predicted octanol–water partition coefficient (Wildman–Crippen LogP) is 3.23. The van der Waals surface area contributed by atoms with Crippen molar-refractivity contribution in [3.8, 4) is 5.75 Å². The van der Waals surface area contributed by atoms with Crippen LogP contribution < -0.4 is 10.5 Å². The zero-order valence-corrected chi connectivity index (χ0v) is 15.4. The Morgan fingerprint density at radius 1 is 1.29 bits per heavy atom. The van der Waals surface area contributed by atoms with Crippen LogP contribution in [0.4, 0.5) is 0 Å². The van der Waals surface area contributed by atoms with Crippen molar-refractivity contribution in [3.63, 3.8) is 0 Å². The Hall–Kier alpha value is -1.26. The molecule has 5 heteroatoms. The molecule has 0 spiro atoms. The van der Waals surface area contributed by atoms with Crippen LogP contribution in [0.2, 0.25) is 0 Å². The molecule has 2 aliphatic rings. The number of fused-ring (bicyclic) bond motifs is 2. The smallest absolute Gasteiger partial charge is 0.225 e. The van der Waals surface area contributed by atoms with Crippen LogP contribution in [0.1, 0.15) is 37.7 Å². The van der Waals surface area contributed by atoms with Gasteiger partial charge in [-0.2, -0.15) is 0 Å². The Kier molecular flexibility index (Phi) is 6.53. The molecule has 24 heavy (non-hydrogen) atoms. The van der Waals surface area contributed by atoms with E-state index in [1.807, 2.05) is 36.2 Å². The Balaban J connectivity index is 0.00000208. The largest absolute Gasteiger partial charge is 0.497 e. The number of amides is 1. The van der Waals surface area contributed by atoms with Gasteiger partial charge in [0, 0.05) is 25.6 Å². The minimum atomic E-state index is 0. The molecule has 134 valence electrons. The van der Waals surface area contributed by atoms with E-state index in [4.69, 9.17) is 10.5 Å². The second-order valence-corrected chi connectivity index (χ2v) is 7.24. The minimum absolute atomic E-state index is 0. The molecule has 4 nitrogen and oxygen atoms in total. The monoisotopic (exact) mass is 352 g/mol. The summed E-state index contributed by atoms with van der Waals surface area (Å²) >= 11 is 0. The molecule has 0 aliphatic heterocycles. The lowest BCUT2D eigenvalue weighted by atomic mass is 9.65. The molecule has 0 aromatic heterocycles. The number of carbonyl (C=O) groups excluding carboxylic acids is 1. The highest BCUT2D eigenvalue weighted by Crippen LogP contribution is 2.42. The van der Waals surface area contributed by atoms with Gasteiger partial charge in [0.2, 0.25) is 5.91 Å². The normalized spacial score (nSPS) is 28.6. The fraction of sp³-hybridized carbons (Fsp3) is 0.632. The van der Waals surface area contributed by atoms with E-state index in [1.54, 1.807) is 7.11 Å².